The summed E-state index contributed by atoms with van der Waals surface area (Å²) in [4.78, 5) is 14.5. The highest BCUT2D eigenvalue weighted by molar-refractivity contribution is 6.30. The van der Waals surface area contributed by atoms with Gasteiger partial charge in [0.25, 0.3) is 0 Å². The molecule has 2 aromatic rings. The number of aromatic nitrogens is 3. The largest absolute Gasteiger partial charge is 0.424 e. The summed E-state index contributed by atoms with van der Waals surface area (Å²) in [6.45, 7) is 1.86. The minimum Gasteiger partial charge on any atom is -0.424 e. The molecular formula is C13H12Cl2N4O. The maximum atomic E-state index is 5.93. The minimum atomic E-state index is 0.130. The van der Waals surface area contributed by atoms with E-state index in [-0.39, 0.29) is 11.3 Å². The molecular weight excluding hydrogens is 299 g/mol. The quantitative estimate of drug-likeness (QED) is 0.867. The summed E-state index contributed by atoms with van der Waals surface area (Å²) in [6, 6.07) is 7.15. The molecule has 2 heterocycles. The molecule has 1 aromatic carbocycles. The van der Waals surface area contributed by atoms with Gasteiger partial charge < -0.3 is 9.64 Å². The van der Waals surface area contributed by atoms with Crippen LogP contribution in [-0.4, -0.2) is 28.0 Å². The standard InChI is InChI=1S/C13H12Cl2N4O/c14-9-3-5-10(6-4-9)20-13-17-11(15)16-12(18-13)19-7-1-2-8-19/h3-6H,1-2,7-8H2. The van der Waals surface area contributed by atoms with Gasteiger partial charge in [0.15, 0.2) is 0 Å². The highest BCUT2D eigenvalue weighted by atomic mass is 35.5. The fourth-order valence-electron chi connectivity index (χ4n) is 2.03. The van der Waals surface area contributed by atoms with E-state index in [4.69, 9.17) is 27.9 Å². The number of benzene rings is 1. The van der Waals surface area contributed by atoms with Crippen molar-refractivity contribution in [1.29, 1.82) is 0 Å². The van der Waals surface area contributed by atoms with Crippen molar-refractivity contribution in [3.63, 3.8) is 0 Å². The molecule has 0 atom stereocenters. The van der Waals surface area contributed by atoms with Crippen LogP contribution < -0.4 is 9.64 Å². The first-order chi connectivity index (χ1) is 9.70. The van der Waals surface area contributed by atoms with Crippen molar-refractivity contribution in [3.8, 4) is 11.8 Å². The topological polar surface area (TPSA) is 51.1 Å². The Morgan fingerprint density at radius 2 is 1.65 bits per heavy atom. The summed E-state index contributed by atoms with van der Waals surface area (Å²) in [5, 5.41) is 0.773. The predicted octanol–water partition coefficient (Wildman–Crippen LogP) is 3.57. The zero-order valence-corrected chi connectivity index (χ0v) is 12.1. The molecule has 0 spiro atoms. The lowest BCUT2D eigenvalue weighted by Gasteiger charge is -2.15. The monoisotopic (exact) mass is 310 g/mol. The molecule has 5 nitrogen and oxygen atoms in total. The van der Waals surface area contributed by atoms with Gasteiger partial charge in [-0.3, -0.25) is 0 Å². The maximum Gasteiger partial charge on any atom is 0.328 e. The van der Waals surface area contributed by atoms with Crippen LogP contribution in [0.2, 0.25) is 10.3 Å². The van der Waals surface area contributed by atoms with Crippen molar-refractivity contribution in [1.82, 2.24) is 15.0 Å². The molecule has 0 bridgehead atoms. The minimum absolute atomic E-state index is 0.130. The Labute approximate surface area is 126 Å². The van der Waals surface area contributed by atoms with E-state index in [1.165, 1.54) is 0 Å². The van der Waals surface area contributed by atoms with Gasteiger partial charge in [0.2, 0.25) is 11.2 Å². The summed E-state index contributed by atoms with van der Waals surface area (Å²) in [7, 11) is 0. The molecule has 0 unspecified atom stereocenters. The third-order valence-corrected chi connectivity index (χ3v) is 3.41. The third-order valence-electron chi connectivity index (χ3n) is 2.99. The van der Waals surface area contributed by atoms with Gasteiger partial charge in [-0.25, -0.2) is 0 Å². The average Bonchev–Trinajstić information content (AvgIpc) is 2.95. The number of hydrogen-bond donors (Lipinski definition) is 0. The third kappa shape index (κ3) is 3.11. The molecule has 1 saturated heterocycles. The van der Waals surface area contributed by atoms with Gasteiger partial charge in [-0.15, -0.1) is 0 Å². The number of ether oxygens (including phenoxy) is 1. The van der Waals surface area contributed by atoms with Crippen molar-refractivity contribution in [2.75, 3.05) is 18.0 Å². The predicted molar refractivity (Wildman–Crippen MR) is 77.8 cm³/mol. The lowest BCUT2D eigenvalue weighted by molar-refractivity contribution is 0.439. The van der Waals surface area contributed by atoms with E-state index < -0.39 is 0 Å². The van der Waals surface area contributed by atoms with Crippen molar-refractivity contribution >= 4 is 29.2 Å². The lowest BCUT2D eigenvalue weighted by Crippen LogP contribution is -2.21. The first-order valence-electron chi connectivity index (χ1n) is 6.31. The van der Waals surface area contributed by atoms with Crippen LogP contribution >= 0.6 is 23.2 Å². The SMILES string of the molecule is Clc1ccc(Oc2nc(Cl)nc(N3CCCC3)n2)cc1. The Bertz CT molecular complexity index is 600. The van der Waals surface area contributed by atoms with Gasteiger partial charge >= 0.3 is 6.01 Å². The molecule has 1 aliphatic rings. The summed E-state index contributed by atoms with van der Waals surface area (Å²) < 4.78 is 5.58. The van der Waals surface area contributed by atoms with E-state index in [1.807, 2.05) is 0 Å². The molecule has 104 valence electrons. The van der Waals surface area contributed by atoms with Crippen molar-refractivity contribution in [3.05, 3.63) is 34.6 Å². The van der Waals surface area contributed by atoms with Crippen molar-refractivity contribution < 1.29 is 4.74 Å². The Kier molecular flexibility index (Phi) is 3.89. The second-order valence-electron chi connectivity index (χ2n) is 4.44. The molecule has 0 N–H and O–H groups in total. The van der Waals surface area contributed by atoms with Crippen LogP contribution in [-0.2, 0) is 0 Å². The molecule has 0 saturated carbocycles. The Morgan fingerprint density at radius 1 is 0.950 bits per heavy atom. The van der Waals surface area contributed by atoms with E-state index in [2.05, 4.69) is 19.9 Å². The molecule has 1 aliphatic heterocycles. The fraction of sp³-hybridized carbons (Fsp3) is 0.308. The smallest absolute Gasteiger partial charge is 0.328 e. The van der Waals surface area contributed by atoms with E-state index >= 15 is 0 Å². The van der Waals surface area contributed by atoms with Crippen molar-refractivity contribution in [2.24, 2.45) is 0 Å². The van der Waals surface area contributed by atoms with Crippen LogP contribution in [0.4, 0.5) is 5.95 Å². The first kappa shape index (κ1) is 13.4. The van der Waals surface area contributed by atoms with Gasteiger partial charge in [0.05, 0.1) is 0 Å². The number of hydrogen-bond acceptors (Lipinski definition) is 5. The van der Waals surface area contributed by atoms with E-state index in [9.17, 15) is 0 Å². The van der Waals surface area contributed by atoms with Crippen LogP contribution in [0.3, 0.4) is 0 Å². The number of halogens is 2. The number of nitrogens with zero attached hydrogens (tertiary/aromatic N) is 4. The van der Waals surface area contributed by atoms with Gasteiger partial charge in [-0.05, 0) is 48.7 Å². The van der Waals surface area contributed by atoms with Gasteiger partial charge in [0.1, 0.15) is 5.75 Å². The lowest BCUT2D eigenvalue weighted by atomic mass is 10.3. The van der Waals surface area contributed by atoms with E-state index in [0.717, 1.165) is 25.9 Å². The number of anilines is 1. The second-order valence-corrected chi connectivity index (χ2v) is 5.21. The fourth-order valence-corrected chi connectivity index (χ4v) is 2.31. The first-order valence-corrected chi connectivity index (χ1v) is 7.06. The Balaban J connectivity index is 1.83. The van der Waals surface area contributed by atoms with Crippen LogP contribution in [0.5, 0.6) is 11.8 Å². The maximum absolute atomic E-state index is 5.93. The average molecular weight is 311 g/mol. The summed E-state index contributed by atoms with van der Waals surface area (Å²) in [5.41, 5.74) is 0. The second kappa shape index (κ2) is 5.81. The normalized spacial score (nSPS) is 14.6. The van der Waals surface area contributed by atoms with Crippen LogP contribution in [0.15, 0.2) is 24.3 Å². The van der Waals surface area contributed by atoms with Gasteiger partial charge in [-0.1, -0.05) is 11.6 Å². The van der Waals surface area contributed by atoms with Gasteiger partial charge in [0, 0.05) is 18.1 Å². The van der Waals surface area contributed by atoms with E-state index in [1.54, 1.807) is 24.3 Å². The summed E-state index contributed by atoms with van der Waals surface area (Å²) >= 11 is 11.8. The summed E-state index contributed by atoms with van der Waals surface area (Å²) in [5.74, 6) is 1.16. The molecule has 20 heavy (non-hydrogen) atoms. The summed E-state index contributed by atoms with van der Waals surface area (Å²) in [6.07, 6.45) is 2.27. The Morgan fingerprint density at radius 3 is 2.35 bits per heavy atom. The van der Waals surface area contributed by atoms with Gasteiger partial charge in [-0.2, -0.15) is 15.0 Å². The molecule has 0 radical (unpaired) electrons. The highest BCUT2D eigenvalue weighted by Crippen LogP contribution is 2.24. The highest BCUT2D eigenvalue weighted by Gasteiger charge is 2.17. The van der Waals surface area contributed by atoms with Crippen LogP contribution in [0.25, 0.3) is 0 Å². The number of rotatable bonds is 3. The Hall–Kier alpha value is -1.59. The molecule has 3 rings (SSSR count). The molecule has 1 fully saturated rings. The van der Waals surface area contributed by atoms with Crippen LogP contribution in [0, 0.1) is 0 Å². The van der Waals surface area contributed by atoms with Crippen molar-refractivity contribution in [2.45, 2.75) is 12.8 Å². The van der Waals surface area contributed by atoms with E-state index in [0.29, 0.717) is 16.7 Å². The molecule has 0 amide bonds. The zero-order valence-electron chi connectivity index (χ0n) is 10.6. The molecule has 1 aromatic heterocycles. The zero-order chi connectivity index (χ0) is 13.9. The van der Waals surface area contributed by atoms with Crippen LogP contribution in [0.1, 0.15) is 12.8 Å². The molecule has 0 aliphatic carbocycles. The molecule has 7 heteroatoms.